The molecule has 1 N–H and O–H groups in total. The van der Waals surface area contributed by atoms with E-state index in [0.717, 1.165) is 26.7 Å². The van der Waals surface area contributed by atoms with Crippen LogP contribution >= 0.6 is 15.9 Å². The zero-order chi connectivity index (χ0) is 14.0. The van der Waals surface area contributed by atoms with E-state index in [9.17, 15) is 4.79 Å². The number of halogens is 1. The van der Waals surface area contributed by atoms with Crippen LogP contribution in [0.25, 0.3) is 0 Å². The molecule has 0 spiro atoms. The van der Waals surface area contributed by atoms with E-state index < -0.39 is 0 Å². The lowest BCUT2D eigenvalue weighted by molar-refractivity contribution is 0.102. The first kappa shape index (κ1) is 13.9. The molecule has 0 bridgehead atoms. The molecule has 4 heteroatoms. The number of carbonyl (C=O) groups is 1. The first-order chi connectivity index (χ1) is 8.97. The second kappa shape index (κ2) is 5.62. The third kappa shape index (κ3) is 3.26. The van der Waals surface area contributed by atoms with Crippen molar-refractivity contribution in [3.05, 3.63) is 57.6 Å². The smallest absolute Gasteiger partial charge is 0.255 e. The third-order valence-electron chi connectivity index (χ3n) is 2.95. The molecule has 0 atom stereocenters. The van der Waals surface area contributed by atoms with Crippen LogP contribution in [0.1, 0.15) is 21.5 Å². The number of hydrogen-bond acceptors (Lipinski definition) is 1. The molecule has 2 nitrogen and oxygen atoms in total. The highest BCUT2D eigenvalue weighted by molar-refractivity contribution is 9.10. The second-order valence-corrected chi connectivity index (χ2v) is 5.34. The Morgan fingerprint density at radius 2 is 1.84 bits per heavy atom. The molecule has 0 unspecified atom stereocenters. The van der Waals surface area contributed by atoms with Crippen molar-refractivity contribution in [2.45, 2.75) is 13.8 Å². The second-order valence-electron chi connectivity index (χ2n) is 4.49. The maximum absolute atomic E-state index is 12.1. The van der Waals surface area contributed by atoms with Gasteiger partial charge in [-0.05, 0) is 49.7 Å². The van der Waals surface area contributed by atoms with E-state index in [0.29, 0.717) is 5.56 Å². The number of carbonyl (C=O) groups excluding carboxylic acids is 1. The van der Waals surface area contributed by atoms with Crippen molar-refractivity contribution in [2.24, 2.45) is 0 Å². The quantitative estimate of drug-likeness (QED) is 0.848. The van der Waals surface area contributed by atoms with Crippen LogP contribution in [0.4, 0.5) is 5.69 Å². The lowest BCUT2D eigenvalue weighted by Crippen LogP contribution is -2.14. The van der Waals surface area contributed by atoms with Gasteiger partial charge in [-0.15, -0.1) is 0 Å². The maximum atomic E-state index is 12.1. The minimum Gasteiger partial charge on any atom is -0.322 e. The Bertz CT molecular complexity index is 640. The SMILES string of the molecule is [B]c1ccc(NC(=O)c2ccc(Br)c(C)c2)cc1C. The van der Waals surface area contributed by atoms with Crippen molar-refractivity contribution in [3.8, 4) is 0 Å². The highest BCUT2D eigenvalue weighted by Crippen LogP contribution is 2.18. The fourth-order valence-electron chi connectivity index (χ4n) is 1.74. The summed E-state index contributed by atoms with van der Waals surface area (Å²) in [5.74, 6) is -0.125. The van der Waals surface area contributed by atoms with E-state index in [1.54, 1.807) is 18.2 Å². The Morgan fingerprint density at radius 1 is 1.11 bits per heavy atom. The minimum absolute atomic E-state index is 0.125. The lowest BCUT2D eigenvalue weighted by Gasteiger charge is -2.09. The van der Waals surface area contributed by atoms with Gasteiger partial charge in [0.2, 0.25) is 0 Å². The molecule has 0 aromatic heterocycles. The first-order valence-corrected chi connectivity index (χ1v) is 6.70. The Morgan fingerprint density at radius 3 is 2.47 bits per heavy atom. The van der Waals surface area contributed by atoms with Gasteiger partial charge < -0.3 is 5.32 Å². The van der Waals surface area contributed by atoms with Crippen LogP contribution in [0.3, 0.4) is 0 Å². The van der Waals surface area contributed by atoms with Gasteiger partial charge in [-0.3, -0.25) is 4.79 Å². The van der Waals surface area contributed by atoms with Crippen LogP contribution in [0, 0.1) is 13.8 Å². The lowest BCUT2D eigenvalue weighted by atomic mass is 9.91. The van der Waals surface area contributed by atoms with Crippen molar-refractivity contribution < 1.29 is 4.79 Å². The zero-order valence-corrected chi connectivity index (χ0v) is 12.4. The van der Waals surface area contributed by atoms with Gasteiger partial charge in [0.25, 0.3) is 5.91 Å². The van der Waals surface area contributed by atoms with Crippen LogP contribution < -0.4 is 10.8 Å². The number of hydrogen-bond donors (Lipinski definition) is 1. The highest BCUT2D eigenvalue weighted by Gasteiger charge is 2.07. The number of anilines is 1. The molecule has 94 valence electrons. The molecule has 0 aliphatic carbocycles. The van der Waals surface area contributed by atoms with Crippen molar-refractivity contribution in [1.29, 1.82) is 0 Å². The summed E-state index contributed by atoms with van der Waals surface area (Å²) in [5, 5.41) is 2.86. The fourth-order valence-corrected chi connectivity index (χ4v) is 1.99. The molecule has 2 aromatic rings. The van der Waals surface area contributed by atoms with Crippen molar-refractivity contribution in [2.75, 3.05) is 5.32 Å². The predicted molar refractivity (Wildman–Crippen MR) is 83.4 cm³/mol. The normalized spacial score (nSPS) is 10.3. The molecular formula is C15H13BBrNO. The summed E-state index contributed by atoms with van der Waals surface area (Å²) < 4.78 is 0.993. The maximum Gasteiger partial charge on any atom is 0.255 e. The summed E-state index contributed by atoms with van der Waals surface area (Å²) in [7, 11) is 5.75. The van der Waals surface area contributed by atoms with Gasteiger partial charge in [0.15, 0.2) is 0 Å². The average Bonchev–Trinajstić information content (AvgIpc) is 2.37. The number of aryl methyl sites for hydroxylation is 2. The van der Waals surface area contributed by atoms with Crippen molar-refractivity contribution in [3.63, 3.8) is 0 Å². The Labute approximate surface area is 122 Å². The Balaban J connectivity index is 2.20. The molecule has 0 saturated carbocycles. The van der Waals surface area contributed by atoms with Crippen LogP contribution in [0.5, 0.6) is 0 Å². The summed E-state index contributed by atoms with van der Waals surface area (Å²) in [6, 6.07) is 11.0. The number of rotatable bonds is 2. The minimum atomic E-state index is -0.125. The van der Waals surface area contributed by atoms with E-state index in [4.69, 9.17) is 7.85 Å². The Hall–Kier alpha value is -1.55. The molecule has 1 amide bonds. The molecule has 0 aliphatic heterocycles. The Kier molecular flexibility index (Phi) is 4.10. The number of benzene rings is 2. The molecule has 2 radical (unpaired) electrons. The zero-order valence-electron chi connectivity index (χ0n) is 10.8. The van der Waals surface area contributed by atoms with Crippen molar-refractivity contribution >= 4 is 40.8 Å². The molecule has 2 aromatic carbocycles. The van der Waals surface area contributed by atoms with Gasteiger partial charge in [0, 0.05) is 15.7 Å². The van der Waals surface area contributed by atoms with E-state index in [1.165, 1.54) is 0 Å². The summed E-state index contributed by atoms with van der Waals surface area (Å²) in [4.78, 5) is 12.1. The van der Waals surface area contributed by atoms with E-state index in [-0.39, 0.29) is 5.91 Å². The summed E-state index contributed by atoms with van der Waals surface area (Å²) in [5.41, 5.74) is 4.08. The fraction of sp³-hybridized carbons (Fsp3) is 0.133. The number of nitrogens with one attached hydrogen (secondary N) is 1. The standard InChI is InChI=1S/C15H13BBrNO/c1-9-8-12(4-5-13(9)16)18-15(19)11-3-6-14(17)10(2)7-11/h3-8H,1-2H3,(H,18,19). The van der Waals surface area contributed by atoms with Gasteiger partial charge in [-0.25, -0.2) is 0 Å². The molecule has 0 saturated heterocycles. The average molecular weight is 314 g/mol. The summed E-state index contributed by atoms with van der Waals surface area (Å²) in [6.07, 6.45) is 0. The van der Waals surface area contributed by atoms with E-state index in [2.05, 4.69) is 21.2 Å². The van der Waals surface area contributed by atoms with Crippen LogP contribution in [-0.4, -0.2) is 13.8 Å². The summed E-state index contributed by atoms with van der Waals surface area (Å²) >= 11 is 3.42. The molecule has 2 rings (SSSR count). The van der Waals surface area contributed by atoms with Gasteiger partial charge in [0.1, 0.15) is 7.85 Å². The highest BCUT2D eigenvalue weighted by atomic mass is 79.9. The summed E-state index contributed by atoms with van der Waals surface area (Å²) in [6.45, 7) is 3.86. The molecule has 19 heavy (non-hydrogen) atoms. The van der Waals surface area contributed by atoms with Crippen molar-refractivity contribution in [1.82, 2.24) is 0 Å². The van der Waals surface area contributed by atoms with Gasteiger partial charge in [-0.2, -0.15) is 0 Å². The largest absolute Gasteiger partial charge is 0.322 e. The van der Waals surface area contributed by atoms with Crippen LogP contribution in [0.2, 0.25) is 0 Å². The number of amides is 1. The van der Waals surface area contributed by atoms with E-state index in [1.807, 2.05) is 32.0 Å². The first-order valence-electron chi connectivity index (χ1n) is 5.91. The molecule has 0 fully saturated rings. The van der Waals surface area contributed by atoms with Crippen LogP contribution in [0.15, 0.2) is 40.9 Å². The van der Waals surface area contributed by atoms with E-state index >= 15 is 0 Å². The topological polar surface area (TPSA) is 29.1 Å². The molecule has 0 heterocycles. The predicted octanol–water partition coefficient (Wildman–Crippen LogP) is 3.11. The monoisotopic (exact) mass is 313 g/mol. The van der Waals surface area contributed by atoms with Gasteiger partial charge in [-0.1, -0.05) is 33.0 Å². The molecule has 0 aliphatic rings. The van der Waals surface area contributed by atoms with Gasteiger partial charge in [0.05, 0.1) is 0 Å². The van der Waals surface area contributed by atoms with Crippen LogP contribution in [-0.2, 0) is 0 Å². The van der Waals surface area contributed by atoms with Gasteiger partial charge >= 0.3 is 0 Å². The third-order valence-corrected chi connectivity index (χ3v) is 3.84. The molecular weight excluding hydrogens is 301 g/mol.